The van der Waals surface area contributed by atoms with E-state index < -0.39 is 89.2 Å². The molecule has 1 heterocycles. The van der Waals surface area contributed by atoms with Gasteiger partial charge in [0.1, 0.15) is 17.2 Å². The summed E-state index contributed by atoms with van der Waals surface area (Å²) in [6.45, 7) is 1.59. The quantitative estimate of drug-likeness (QED) is 0.218. The van der Waals surface area contributed by atoms with Gasteiger partial charge in [-0.2, -0.15) is 0 Å². The highest BCUT2D eigenvalue weighted by molar-refractivity contribution is 6.31. The van der Waals surface area contributed by atoms with E-state index in [9.17, 15) is 34.8 Å². The molecule has 0 amide bonds. The second-order valence-electron chi connectivity index (χ2n) is 10.1. The van der Waals surface area contributed by atoms with E-state index in [1.54, 1.807) is 6.92 Å². The number of rotatable bonds is 4. The van der Waals surface area contributed by atoms with Gasteiger partial charge in [-0.1, -0.05) is 12.1 Å². The summed E-state index contributed by atoms with van der Waals surface area (Å²) in [7, 11) is 2.41. The SMILES string of the molecule is COC(=O)[C@]1(O)Cc2c(O)c3c(c(O)c2[C@@H](O[C@H]2C[C@H](N)[C@H](O)[C@H](C)O2)C1)C(=O)c1c(OC)cccc1C3=O.Cl. The van der Waals surface area contributed by atoms with Crippen molar-refractivity contribution < 1.29 is 53.8 Å². The van der Waals surface area contributed by atoms with Gasteiger partial charge >= 0.3 is 5.97 Å². The fourth-order valence-electron chi connectivity index (χ4n) is 5.74. The highest BCUT2D eigenvalue weighted by atomic mass is 35.5. The first-order valence-electron chi connectivity index (χ1n) is 12.4. The summed E-state index contributed by atoms with van der Waals surface area (Å²) < 4.78 is 21.8. The smallest absolute Gasteiger partial charge is 0.338 e. The summed E-state index contributed by atoms with van der Waals surface area (Å²) in [5, 5.41) is 44.3. The zero-order chi connectivity index (χ0) is 28.4. The topological polar surface area (TPSA) is 195 Å². The van der Waals surface area contributed by atoms with Crippen LogP contribution in [0.5, 0.6) is 17.2 Å². The molecule has 2 aliphatic carbocycles. The summed E-state index contributed by atoms with van der Waals surface area (Å²) in [5.74, 6) is -3.74. The Kier molecular flexibility index (Phi) is 7.89. The molecular weight excluding hydrogens is 550 g/mol. The maximum atomic E-state index is 13.7. The molecule has 1 fully saturated rings. The molecule has 0 spiro atoms. The molecule has 1 saturated heterocycles. The van der Waals surface area contributed by atoms with E-state index in [-0.39, 0.29) is 46.8 Å². The number of phenols is 2. The van der Waals surface area contributed by atoms with E-state index in [0.29, 0.717) is 0 Å². The minimum Gasteiger partial charge on any atom is -0.507 e. The van der Waals surface area contributed by atoms with Crippen LogP contribution >= 0.6 is 12.4 Å². The van der Waals surface area contributed by atoms with Gasteiger partial charge in [-0.15, -0.1) is 12.4 Å². The molecule has 0 radical (unpaired) electrons. The van der Waals surface area contributed by atoms with Crippen molar-refractivity contribution in [1.29, 1.82) is 0 Å². The van der Waals surface area contributed by atoms with E-state index >= 15 is 0 Å². The number of ether oxygens (including phenoxy) is 4. The van der Waals surface area contributed by atoms with Gasteiger partial charge in [-0.3, -0.25) is 9.59 Å². The van der Waals surface area contributed by atoms with Crippen molar-refractivity contribution in [3.63, 3.8) is 0 Å². The lowest BCUT2D eigenvalue weighted by atomic mass is 9.73. The van der Waals surface area contributed by atoms with Crippen LogP contribution in [0.25, 0.3) is 0 Å². The molecule has 6 atom stereocenters. The van der Waals surface area contributed by atoms with Crippen molar-refractivity contribution in [2.75, 3.05) is 14.2 Å². The molecule has 12 nitrogen and oxygen atoms in total. The summed E-state index contributed by atoms with van der Waals surface area (Å²) in [5.41, 5.74) is 2.54. The largest absolute Gasteiger partial charge is 0.507 e. The summed E-state index contributed by atoms with van der Waals surface area (Å²) >= 11 is 0. The van der Waals surface area contributed by atoms with Crippen LogP contribution in [0.1, 0.15) is 68.8 Å². The number of carbonyl (C=O) groups excluding carboxylic acids is 3. The number of hydrogen-bond donors (Lipinski definition) is 5. The molecule has 5 rings (SSSR count). The van der Waals surface area contributed by atoms with Gasteiger partial charge in [0.05, 0.1) is 49.2 Å². The Morgan fingerprint density at radius 1 is 1.10 bits per heavy atom. The zero-order valence-electron chi connectivity index (χ0n) is 21.9. The minimum atomic E-state index is -2.21. The van der Waals surface area contributed by atoms with Crippen molar-refractivity contribution >= 4 is 29.9 Å². The van der Waals surface area contributed by atoms with Crippen LogP contribution in [0.2, 0.25) is 0 Å². The third-order valence-corrected chi connectivity index (χ3v) is 7.71. The third-order valence-electron chi connectivity index (χ3n) is 7.71. The molecule has 2 aromatic carbocycles. The van der Waals surface area contributed by atoms with Crippen LogP contribution in [-0.2, 0) is 25.4 Å². The highest BCUT2D eigenvalue weighted by Crippen LogP contribution is 2.52. The molecule has 0 saturated carbocycles. The molecule has 0 unspecified atom stereocenters. The van der Waals surface area contributed by atoms with Gasteiger partial charge in [-0.25, -0.2) is 4.79 Å². The number of hydrogen-bond acceptors (Lipinski definition) is 12. The summed E-state index contributed by atoms with van der Waals surface area (Å²) in [4.78, 5) is 39.8. The second-order valence-corrected chi connectivity index (χ2v) is 10.1. The number of carbonyl (C=O) groups is 3. The molecule has 6 N–H and O–H groups in total. The van der Waals surface area contributed by atoms with E-state index in [0.717, 1.165) is 7.11 Å². The monoisotopic (exact) mass is 579 g/mol. The van der Waals surface area contributed by atoms with E-state index in [2.05, 4.69) is 0 Å². The van der Waals surface area contributed by atoms with Crippen LogP contribution in [-0.4, -0.2) is 82.3 Å². The summed E-state index contributed by atoms with van der Waals surface area (Å²) in [6, 6.07) is 3.68. The van der Waals surface area contributed by atoms with E-state index in [4.69, 9.17) is 24.7 Å². The fourth-order valence-corrected chi connectivity index (χ4v) is 5.74. The Bertz CT molecular complexity index is 1380. The number of halogens is 1. The van der Waals surface area contributed by atoms with Crippen LogP contribution in [0, 0.1) is 0 Å². The minimum absolute atomic E-state index is 0. The molecular formula is C27H30ClNO11. The lowest BCUT2D eigenvalue weighted by molar-refractivity contribution is -0.248. The molecule has 2 aromatic rings. The molecule has 0 aromatic heterocycles. The number of phenolic OH excluding ortho intramolecular Hbond substituents is 2. The first-order chi connectivity index (χ1) is 18.4. The van der Waals surface area contributed by atoms with Gasteiger partial charge in [0.15, 0.2) is 17.7 Å². The maximum Gasteiger partial charge on any atom is 0.338 e. The summed E-state index contributed by atoms with van der Waals surface area (Å²) in [6.07, 6.45) is -4.95. The normalized spacial score (nSPS) is 29.0. The Labute approximate surface area is 235 Å². The van der Waals surface area contributed by atoms with Crippen molar-refractivity contribution in [1.82, 2.24) is 0 Å². The fraction of sp³-hybridized carbons (Fsp3) is 0.444. The highest BCUT2D eigenvalue weighted by Gasteiger charge is 2.51. The van der Waals surface area contributed by atoms with Gasteiger partial charge < -0.3 is 45.1 Å². The number of nitrogens with two attached hydrogens (primary N) is 1. The third kappa shape index (κ3) is 4.41. The van der Waals surface area contributed by atoms with Crippen LogP contribution in [0.15, 0.2) is 18.2 Å². The predicted octanol–water partition coefficient (Wildman–Crippen LogP) is 1.03. The Morgan fingerprint density at radius 2 is 1.77 bits per heavy atom. The predicted molar refractivity (Wildman–Crippen MR) is 139 cm³/mol. The van der Waals surface area contributed by atoms with Gasteiger partial charge in [0.25, 0.3) is 0 Å². The van der Waals surface area contributed by atoms with Gasteiger partial charge in [-0.05, 0) is 13.0 Å². The van der Waals surface area contributed by atoms with Crippen molar-refractivity contribution in [2.24, 2.45) is 5.73 Å². The first-order valence-corrected chi connectivity index (χ1v) is 12.4. The van der Waals surface area contributed by atoms with Crippen molar-refractivity contribution in [2.45, 2.75) is 62.4 Å². The zero-order valence-corrected chi connectivity index (χ0v) is 22.7. The lowest BCUT2D eigenvalue weighted by Gasteiger charge is -2.41. The maximum absolute atomic E-state index is 13.7. The average Bonchev–Trinajstić information content (AvgIpc) is 2.90. The Morgan fingerprint density at radius 3 is 2.40 bits per heavy atom. The van der Waals surface area contributed by atoms with Crippen molar-refractivity contribution in [3.8, 4) is 17.2 Å². The van der Waals surface area contributed by atoms with Crippen LogP contribution < -0.4 is 10.5 Å². The van der Waals surface area contributed by atoms with Gasteiger partial charge in [0, 0.05) is 42.0 Å². The standard InChI is InChI=1S/C27H29NO11.ClH/c1-10-21(29)13(28)7-16(38-10)39-15-9-27(35,26(34)37-3)8-12-18(15)25(33)20-19(23(12)31)22(30)11-5-4-6-14(36-2)17(11)24(20)32;/h4-6,10,13,15-16,21,29,31,33,35H,7-9,28H2,1-3H3;1H/t10-,13-,15-,16-,21+,27-;/m0./s1. The molecule has 3 aliphatic rings. The molecule has 0 bridgehead atoms. The number of ketones is 2. The number of aliphatic hydroxyl groups excluding tert-OH is 1. The second kappa shape index (κ2) is 10.6. The number of aliphatic hydroxyl groups is 2. The number of esters is 1. The number of aromatic hydroxyl groups is 2. The Hall–Kier alpha value is -3.26. The van der Waals surface area contributed by atoms with E-state index in [1.165, 1.54) is 25.3 Å². The number of methoxy groups -OCH3 is 2. The number of benzene rings is 2. The Balaban J connectivity index is 0.00000370. The lowest BCUT2D eigenvalue weighted by Crippen LogP contribution is -2.52. The molecule has 216 valence electrons. The first kappa shape index (κ1) is 29.7. The number of fused-ring (bicyclic) bond motifs is 3. The van der Waals surface area contributed by atoms with Crippen LogP contribution in [0.3, 0.4) is 0 Å². The molecule has 1 aliphatic heterocycles. The van der Waals surface area contributed by atoms with Crippen LogP contribution in [0.4, 0.5) is 0 Å². The van der Waals surface area contributed by atoms with E-state index in [1.807, 2.05) is 0 Å². The van der Waals surface area contributed by atoms with Gasteiger partial charge in [0.2, 0.25) is 5.78 Å². The molecule has 13 heteroatoms. The average molecular weight is 580 g/mol. The molecule has 40 heavy (non-hydrogen) atoms. The van der Waals surface area contributed by atoms with Crippen molar-refractivity contribution in [3.05, 3.63) is 51.6 Å².